The van der Waals surface area contributed by atoms with Gasteiger partial charge in [0.2, 0.25) is 0 Å². The van der Waals surface area contributed by atoms with E-state index >= 15 is 0 Å². The summed E-state index contributed by atoms with van der Waals surface area (Å²) in [7, 11) is 0. The predicted octanol–water partition coefficient (Wildman–Crippen LogP) is 2.41. The summed E-state index contributed by atoms with van der Waals surface area (Å²) in [5.74, 6) is -5.15. The van der Waals surface area contributed by atoms with Crippen LogP contribution in [0.5, 0.6) is 0 Å². The molecule has 1 aromatic carbocycles. The molecule has 0 atom stereocenters. The van der Waals surface area contributed by atoms with Crippen LogP contribution < -0.4 is 5.73 Å². The van der Waals surface area contributed by atoms with Gasteiger partial charge >= 0.3 is 5.92 Å². The zero-order valence-electron chi connectivity index (χ0n) is 10.0. The van der Waals surface area contributed by atoms with E-state index in [1.54, 1.807) is 36.5 Å². The van der Waals surface area contributed by atoms with Crippen molar-refractivity contribution in [2.45, 2.75) is 12.3 Å². The van der Waals surface area contributed by atoms with Gasteiger partial charge in [-0.25, -0.2) is 0 Å². The third-order valence-corrected chi connectivity index (χ3v) is 2.67. The average Bonchev–Trinajstić information content (AvgIpc) is 2.39. The molecule has 1 aromatic heterocycles. The standard InChI is InChI=1S/C14H12F2N2O/c15-14(16,13(17)19)9-10-4-3-5-11(8-10)12-6-1-2-7-18-12/h1-8H,9H2,(H2,17,19). The average molecular weight is 262 g/mol. The van der Waals surface area contributed by atoms with E-state index < -0.39 is 18.3 Å². The molecule has 5 heteroatoms. The maximum absolute atomic E-state index is 13.3. The summed E-state index contributed by atoms with van der Waals surface area (Å²) < 4.78 is 26.6. The van der Waals surface area contributed by atoms with Gasteiger partial charge in [-0.3, -0.25) is 9.78 Å². The molecule has 1 amide bonds. The molecular weight excluding hydrogens is 250 g/mol. The lowest BCUT2D eigenvalue weighted by Crippen LogP contribution is -2.37. The maximum Gasteiger partial charge on any atom is 0.328 e. The summed E-state index contributed by atoms with van der Waals surface area (Å²) in [6.45, 7) is 0. The van der Waals surface area contributed by atoms with Gasteiger partial charge in [0.15, 0.2) is 0 Å². The summed E-state index contributed by atoms with van der Waals surface area (Å²) in [5.41, 5.74) is 6.41. The number of hydrogen-bond acceptors (Lipinski definition) is 2. The van der Waals surface area contributed by atoms with Crippen molar-refractivity contribution in [2.24, 2.45) is 5.73 Å². The largest absolute Gasteiger partial charge is 0.364 e. The second-order valence-electron chi connectivity index (χ2n) is 4.16. The van der Waals surface area contributed by atoms with Crippen molar-refractivity contribution >= 4 is 5.91 Å². The van der Waals surface area contributed by atoms with E-state index in [0.717, 1.165) is 5.56 Å². The number of carbonyl (C=O) groups is 1. The van der Waals surface area contributed by atoms with Gasteiger partial charge in [0, 0.05) is 18.2 Å². The smallest absolute Gasteiger partial charge is 0.328 e. The fourth-order valence-electron chi connectivity index (χ4n) is 1.72. The lowest BCUT2D eigenvalue weighted by molar-refractivity contribution is -0.141. The molecule has 0 spiro atoms. The molecule has 2 N–H and O–H groups in total. The van der Waals surface area contributed by atoms with Crippen molar-refractivity contribution in [3.63, 3.8) is 0 Å². The van der Waals surface area contributed by atoms with Gasteiger partial charge < -0.3 is 5.73 Å². The monoisotopic (exact) mass is 262 g/mol. The highest BCUT2D eigenvalue weighted by molar-refractivity contribution is 5.81. The lowest BCUT2D eigenvalue weighted by atomic mass is 10.0. The highest BCUT2D eigenvalue weighted by Crippen LogP contribution is 2.23. The minimum absolute atomic E-state index is 0.340. The van der Waals surface area contributed by atoms with Gasteiger partial charge in [-0.15, -0.1) is 0 Å². The van der Waals surface area contributed by atoms with Gasteiger partial charge in [0.05, 0.1) is 5.69 Å². The number of hydrogen-bond donors (Lipinski definition) is 1. The van der Waals surface area contributed by atoms with Crippen molar-refractivity contribution in [3.8, 4) is 11.3 Å². The molecule has 0 aliphatic rings. The second-order valence-corrected chi connectivity index (χ2v) is 4.16. The summed E-state index contributed by atoms with van der Waals surface area (Å²) in [6, 6.07) is 11.9. The first-order valence-corrected chi connectivity index (χ1v) is 5.67. The van der Waals surface area contributed by atoms with Gasteiger partial charge in [-0.2, -0.15) is 8.78 Å². The Morgan fingerprint density at radius 1 is 1.21 bits per heavy atom. The SMILES string of the molecule is NC(=O)C(F)(F)Cc1cccc(-c2ccccn2)c1. The minimum atomic E-state index is -3.54. The molecule has 19 heavy (non-hydrogen) atoms. The Balaban J connectivity index is 2.28. The molecule has 0 radical (unpaired) electrons. The van der Waals surface area contributed by atoms with Crippen molar-refractivity contribution in [2.75, 3.05) is 0 Å². The van der Waals surface area contributed by atoms with Crippen LogP contribution in [0, 0.1) is 0 Å². The van der Waals surface area contributed by atoms with Crippen LogP contribution in [0.15, 0.2) is 48.7 Å². The van der Waals surface area contributed by atoms with Crippen LogP contribution in [0.1, 0.15) is 5.56 Å². The van der Waals surface area contributed by atoms with E-state index in [2.05, 4.69) is 10.7 Å². The number of pyridine rings is 1. The molecule has 0 bridgehead atoms. The first kappa shape index (κ1) is 13.1. The first-order chi connectivity index (χ1) is 8.99. The highest BCUT2D eigenvalue weighted by atomic mass is 19.3. The number of rotatable bonds is 4. The summed E-state index contributed by atoms with van der Waals surface area (Å²) in [5, 5.41) is 0. The molecule has 0 aliphatic carbocycles. The Bertz CT molecular complexity index is 585. The maximum atomic E-state index is 13.3. The topological polar surface area (TPSA) is 56.0 Å². The molecule has 0 aliphatic heterocycles. The Morgan fingerprint density at radius 3 is 2.63 bits per heavy atom. The number of amides is 1. The van der Waals surface area contributed by atoms with Gasteiger partial charge in [-0.1, -0.05) is 24.3 Å². The van der Waals surface area contributed by atoms with E-state index in [9.17, 15) is 13.6 Å². The summed E-state index contributed by atoms with van der Waals surface area (Å²) >= 11 is 0. The molecule has 98 valence electrons. The number of nitrogens with zero attached hydrogens (tertiary/aromatic N) is 1. The number of aromatic nitrogens is 1. The normalized spacial score (nSPS) is 11.3. The van der Waals surface area contributed by atoms with Gasteiger partial charge in [-0.05, 0) is 23.8 Å². The van der Waals surface area contributed by atoms with Crippen molar-refractivity contribution in [1.29, 1.82) is 0 Å². The molecule has 0 fully saturated rings. The Labute approximate surface area is 109 Å². The van der Waals surface area contributed by atoms with Crippen LogP contribution >= 0.6 is 0 Å². The van der Waals surface area contributed by atoms with Gasteiger partial charge in [0.25, 0.3) is 5.91 Å². The fraction of sp³-hybridized carbons (Fsp3) is 0.143. The van der Waals surface area contributed by atoms with Crippen LogP contribution in [0.3, 0.4) is 0 Å². The number of benzene rings is 1. The van der Waals surface area contributed by atoms with Gasteiger partial charge in [0.1, 0.15) is 0 Å². The van der Waals surface area contributed by atoms with Crippen LogP contribution in [0.25, 0.3) is 11.3 Å². The van der Waals surface area contributed by atoms with E-state index in [4.69, 9.17) is 0 Å². The fourth-order valence-corrected chi connectivity index (χ4v) is 1.72. The van der Waals surface area contributed by atoms with Crippen molar-refractivity contribution in [3.05, 3.63) is 54.2 Å². The Hall–Kier alpha value is -2.30. The number of nitrogens with two attached hydrogens (primary N) is 1. The highest BCUT2D eigenvalue weighted by Gasteiger charge is 2.36. The quantitative estimate of drug-likeness (QED) is 0.919. The van der Waals surface area contributed by atoms with Crippen molar-refractivity contribution < 1.29 is 13.6 Å². The number of carbonyl (C=O) groups excluding carboxylic acids is 1. The number of primary amides is 1. The Morgan fingerprint density at radius 2 is 2.00 bits per heavy atom. The molecule has 2 aromatic rings. The lowest BCUT2D eigenvalue weighted by Gasteiger charge is -2.12. The summed E-state index contributed by atoms with van der Waals surface area (Å²) in [6.07, 6.45) is 0.920. The number of alkyl halides is 2. The molecular formula is C14H12F2N2O. The van der Waals surface area contributed by atoms with E-state index in [0.29, 0.717) is 11.3 Å². The third-order valence-electron chi connectivity index (χ3n) is 2.67. The molecule has 0 saturated heterocycles. The number of halogens is 2. The first-order valence-electron chi connectivity index (χ1n) is 5.67. The zero-order chi connectivity index (χ0) is 13.9. The van der Waals surface area contributed by atoms with Crippen LogP contribution in [-0.2, 0) is 11.2 Å². The minimum Gasteiger partial charge on any atom is -0.364 e. The van der Waals surface area contributed by atoms with Crippen LogP contribution in [0.2, 0.25) is 0 Å². The summed E-state index contributed by atoms with van der Waals surface area (Å²) in [4.78, 5) is 14.8. The van der Waals surface area contributed by atoms with Crippen molar-refractivity contribution in [1.82, 2.24) is 4.98 Å². The van der Waals surface area contributed by atoms with E-state index in [1.807, 2.05) is 6.07 Å². The molecule has 3 nitrogen and oxygen atoms in total. The molecule has 0 unspecified atom stereocenters. The van der Waals surface area contributed by atoms with Crippen LogP contribution in [0.4, 0.5) is 8.78 Å². The van der Waals surface area contributed by atoms with Crippen LogP contribution in [-0.4, -0.2) is 16.8 Å². The predicted molar refractivity (Wildman–Crippen MR) is 67.5 cm³/mol. The zero-order valence-corrected chi connectivity index (χ0v) is 10.0. The third kappa shape index (κ3) is 3.13. The van der Waals surface area contributed by atoms with E-state index in [-0.39, 0.29) is 0 Å². The second kappa shape index (κ2) is 5.14. The van der Waals surface area contributed by atoms with E-state index in [1.165, 1.54) is 6.07 Å². The molecule has 0 saturated carbocycles. The Kier molecular flexibility index (Phi) is 3.55. The molecule has 1 heterocycles. The molecule has 2 rings (SSSR count).